The third-order valence-corrected chi connectivity index (χ3v) is 5.44. The second-order valence-corrected chi connectivity index (χ2v) is 10.8. The molecule has 1 heterocycles. The molecule has 1 fully saturated rings. The summed E-state index contributed by atoms with van der Waals surface area (Å²) in [6.45, 7) is 6.44. The molecule has 0 aliphatic carbocycles. The average molecular weight is 466 g/mol. The summed E-state index contributed by atoms with van der Waals surface area (Å²) in [5, 5.41) is 0. The molecule has 146 valence electrons. The van der Waals surface area contributed by atoms with Crippen molar-refractivity contribution in [2.75, 3.05) is 82.7 Å². The van der Waals surface area contributed by atoms with Gasteiger partial charge in [0.15, 0.2) is 0 Å². The van der Waals surface area contributed by atoms with Gasteiger partial charge in [-0.25, -0.2) is 0 Å². The van der Waals surface area contributed by atoms with Crippen LogP contribution < -0.4 is 0 Å². The minimum atomic E-state index is -2.86. The van der Waals surface area contributed by atoms with Crippen molar-refractivity contribution in [1.29, 1.82) is 0 Å². The van der Waals surface area contributed by atoms with E-state index in [-0.39, 0.29) is 0 Å². The maximum atomic E-state index is 13.5. The SMILES string of the molecule is COCCN1CCN(CCCCOCC(F)(F)COI(C)C)CC1. The fourth-order valence-electron chi connectivity index (χ4n) is 2.45. The molecule has 0 amide bonds. The first kappa shape index (κ1) is 22.4. The van der Waals surface area contributed by atoms with E-state index in [1.807, 2.05) is 9.86 Å². The molecule has 0 aromatic carbocycles. The number of nitrogens with zero attached hydrogens (tertiary/aromatic N) is 2. The van der Waals surface area contributed by atoms with E-state index in [1.54, 1.807) is 7.11 Å². The van der Waals surface area contributed by atoms with Crippen LogP contribution in [0.1, 0.15) is 12.8 Å². The van der Waals surface area contributed by atoms with Gasteiger partial charge >= 0.3 is 123 Å². The van der Waals surface area contributed by atoms with Crippen LogP contribution >= 0.6 is 20.2 Å². The predicted molar refractivity (Wildman–Crippen MR) is 102 cm³/mol. The number of rotatable bonds is 13. The first-order valence-corrected chi connectivity index (χ1v) is 13.7. The van der Waals surface area contributed by atoms with E-state index in [2.05, 4.69) is 9.80 Å². The van der Waals surface area contributed by atoms with Crippen molar-refractivity contribution in [3.05, 3.63) is 0 Å². The van der Waals surface area contributed by atoms with Crippen LogP contribution in [0.15, 0.2) is 0 Å². The Balaban J connectivity index is 1.97. The van der Waals surface area contributed by atoms with E-state index in [0.29, 0.717) is 6.61 Å². The van der Waals surface area contributed by atoms with Crippen molar-refractivity contribution in [2.24, 2.45) is 0 Å². The summed E-state index contributed by atoms with van der Waals surface area (Å²) in [7, 11) is 1.73. The molecule has 0 atom stereocenters. The van der Waals surface area contributed by atoms with Crippen LogP contribution in [0.2, 0.25) is 0 Å². The van der Waals surface area contributed by atoms with Crippen LogP contribution in [-0.2, 0) is 12.5 Å². The van der Waals surface area contributed by atoms with Crippen molar-refractivity contribution in [3.8, 4) is 0 Å². The first-order chi connectivity index (χ1) is 11.4. The topological polar surface area (TPSA) is 34.2 Å². The number of halogens is 3. The minimum absolute atomic E-state index is 0.393. The van der Waals surface area contributed by atoms with Gasteiger partial charge in [-0.05, 0) is 0 Å². The fraction of sp³-hybridized carbons (Fsp3) is 1.00. The zero-order valence-corrected chi connectivity index (χ0v) is 17.4. The van der Waals surface area contributed by atoms with Gasteiger partial charge in [-0.1, -0.05) is 0 Å². The van der Waals surface area contributed by atoms with Gasteiger partial charge < -0.3 is 4.74 Å². The van der Waals surface area contributed by atoms with Crippen LogP contribution in [-0.4, -0.2) is 98.4 Å². The normalized spacial score (nSPS) is 18.1. The quantitative estimate of drug-likeness (QED) is 0.237. The van der Waals surface area contributed by atoms with Crippen molar-refractivity contribution >= 4 is 20.2 Å². The summed E-state index contributed by atoms with van der Waals surface area (Å²) in [6, 6.07) is 0. The third-order valence-electron chi connectivity index (χ3n) is 3.89. The van der Waals surface area contributed by atoms with E-state index in [0.717, 1.165) is 58.7 Å². The van der Waals surface area contributed by atoms with Gasteiger partial charge in [0.05, 0.1) is 6.61 Å². The van der Waals surface area contributed by atoms with Gasteiger partial charge in [0, 0.05) is 13.7 Å². The molecule has 8 heteroatoms. The van der Waals surface area contributed by atoms with Crippen LogP contribution in [0.5, 0.6) is 0 Å². The Morgan fingerprint density at radius 2 is 1.54 bits per heavy atom. The molecule has 0 spiro atoms. The van der Waals surface area contributed by atoms with E-state index < -0.39 is 39.4 Å². The number of hydrogen-bond acceptors (Lipinski definition) is 5. The Hall–Kier alpha value is 0.390. The number of piperazine rings is 1. The van der Waals surface area contributed by atoms with Crippen LogP contribution in [0, 0.1) is 0 Å². The molecule has 1 rings (SSSR count). The predicted octanol–water partition coefficient (Wildman–Crippen LogP) is 2.38. The molecule has 0 radical (unpaired) electrons. The Bertz CT molecular complexity index is 318. The van der Waals surface area contributed by atoms with Gasteiger partial charge in [-0.15, -0.1) is 0 Å². The number of unbranched alkanes of at least 4 members (excludes halogenated alkanes) is 1. The van der Waals surface area contributed by atoms with Gasteiger partial charge in [0.1, 0.15) is 0 Å². The second-order valence-electron chi connectivity index (χ2n) is 6.23. The molecule has 0 unspecified atom stereocenters. The summed E-state index contributed by atoms with van der Waals surface area (Å²) in [5.41, 5.74) is 0. The Morgan fingerprint density at radius 1 is 0.917 bits per heavy atom. The first-order valence-electron chi connectivity index (χ1n) is 8.46. The van der Waals surface area contributed by atoms with Gasteiger partial charge in [0.2, 0.25) is 0 Å². The fourth-order valence-corrected chi connectivity index (χ4v) is 3.53. The monoisotopic (exact) mass is 466 g/mol. The van der Waals surface area contributed by atoms with Crippen LogP contribution in [0.3, 0.4) is 0 Å². The van der Waals surface area contributed by atoms with E-state index in [1.165, 1.54) is 0 Å². The van der Waals surface area contributed by atoms with Crippen molar-refractivity contribution in [1.82, 2.24) is 9.80 Å². The molecule has 0 saturated carbocycles. The third kappa shape index (κ3) is 11.1. The van der Waals surface area contributed by atoms with Crippen molar-refractivity contribution in [2.45, 2.75) is 18.8 Å². The molecule has 24 heavy (non-hydrogen) atoms. The number of methoxy groups -OCH3 is 1. The van der Waals surface area contributed by atoms with Crippen LogP contribution in [0.4, 0.5) is 8.78 Å². The van der Waals surface area contributed by atoms with E-state index in [4.69, 9.17) is 12.5 Å². The number of ether oxygens (including phenoxy) is 2. The molecule has 1 aliphatic rings. The summed E-state index contributed by atoms with van der Waals surface area (Å²) in [5.74, 6) is -2.86. The molecule has 1 saturated heterocycles. The maximum absolute atomic E-state index is 13.5. The van der Waals surface area contributed by atoms with E-state index >= 15 is 0 Å². The summed E-state index contributed by atoms with van der Waals surface area (Å²) < 4.78 is 42.3. The zero-order chi connectivity index (χ0) is 17.8. The Kier molecular flexibility index (Phi) is 11.9. The molecule has 1 aliphatic heterocycles. The van der Waals surface area contributed by atoms with Crippen LogP contribution in [0.25, 0.3) is 0 Å². The molecule has 0 aromatic rings. The summed E-state index contributed by atoms with van der Waals surface area (Å²) >= 11 is -1.56. The Labute approximate surface area is 152 Å². The van der Waals surface area contributed by atoms with Crippen molar-refractivity contribution < 1.29 is 21.3 Å². The number of alkyl halides is 4. The number of hydrogen-bond donors (Lipinski definition) is 0. The molecule has 0 aromatic heterocycles. The molecular formula is C16H33F2IN2O3. The zero-order valence-electron chi connectivity index (χ0n) is 15.2. The second kappa shape index (κ2) is 12.7. The molecule has 0 bridgehead atoms. The summed E-state index contributed by atoms with van der Waals surface area (Å²) in [4.78, 5) is 8.64. The van der Waals surface area contributed by atoms with Crippen molar-refractivity contribution in [3.63, 3.8) is 0 Å². The average Bonchev–Trinajstić information content (AvgIpc) is 2.55. The standard InChI is InChI=1S/C16H33F2IN2O3/c1-19(2)24-15-16(17,18)14-23-12-5-4-6-20-7-9-21(10-8-20)11-13-22-3/h4-15H2,1-3H3. The Morgan fingerprint density at radius 3 is 2.12 bits per heavy atom. The van der Waals surface area contributed by atoms with Gasteiger partial charge in [-0.3, -0.25) is 4.90 Å². The van der Waals surface area contributed by atoms with Gasteiger partial charge in [-0.2, -0.15) is 0 Å². The molecule has 0 N–H and O–H groups in total. The molecule has 5 nitrogen and oxygen atoms in total. The summed E-state index contributed by atoms with van der Waals surface area (Å²) in [6.07, 6.45) is 1.81. The van der Waals surface area contributed by atoms with E-state index in [9.17, 15) is 8.78 Å². The molecular weight excluding hydrogens is 433 g/mol. The van der Waals surface area contributed by atoms with Gasteiger partial charge in [0.25, 0.3) is 0 Å².